The second-order valence-corrected chi connectivity index (χ2v) is 6.75. The number of hydrogen-bond acceptors (Lipinski definition) is 4. The predicted octanol–water partition coefficient (Wildman–Crippen LogP) is 2.04. The molecule has 2 amide bonds. The summed E-state index contributed by atoms with van der Waals surface area (Å²) in [4.78, 5) is 15.5. The summed E-state index contributed by atoms with van der Waals surface area (Å²) in [5.74, 6) is 0. The molecule has 1 unspecified atom stereocenters. The molecule has 0 radical (unpaired) electrons. The lowest BCUT2D eigenvalue weighted by Gasteiger charge is -2.33. The van der Waals surface area contributed by atoms with Gasteiger partial charge in [-0.15, -0.1) is 11.3 Å². The second kappa shape index (κ2) is 6.11. The Labute approximate surface area is 123 Å². The first-order chi connectivity index (χ1) is 9.70. The zero-order valence-corrected chi connectivity index (χ0v) is 12.5. The predicted molar refractivity (Wildman–Crippen MR) is 80.4 cm³/mol. The number of thiophene rings is 1. The van der Waals surface area contributed by atoms with E-state index >= 15 is 0 Å². The molecular formula is C14H21N3O2S. The molecule has 6 heteroatoms. The number of carbonyl (C=O) groups is 1. The number of urea groups is 1. The Kier molecular flexibility index (Phi) is 4.24. The van der Waals surface area contributed by atoms with Gasteiger partial charge in [0.25, 0.3) is 0 Å². The third-order valence-electron chi connectivity index (χ3n) is 3.70. The summed E-state index contributed by atoms with van der Waals surface area (Å²) in [6, 6.07) is 4.53. The molecule has 20 heavy (non-hydrogen) atoms. The van der Waals surface area contributed by atoms with Crippen molar-refractivity contribution < 1.29 is 9.53 Å². The van der Waals surface area contributed by atoms with Crippen molar-refractivity contribution in [1.82, 2.24) is 10.2 Å². The quantitative estimate of drug-likeness (QED) is 0.894. The summed E-state index contributed by atoms with van der Waals surface area (Å²) >= 11 is 1.58. The maximum absolute atomic E-state index is 11.8. The number of rotatable bonds is 4. The minimum absolute atomic E-state index is 0.111. The van der Waals surface area contributed by atoms with Gasteiger partial charge in [-0.2, -0.15) is 0 Å². The SMILES string of the molecule is Cc1ccc(NC(=O)NCC2CN(C3CC3)CCO2)s1. The third kappa shape index (κ3) is 3.71. The Bertz CT molecular complexity index is 473. The molecule has 1 saturated heterocycles. The molecule has 2 N–H and O–H groups in total. The van der Waals surface area contributed by atoms with E-state index in [1.807, 2.05) is 19.1 Å². The lowest BCUT2D eigenvalue weighted by atomic mass is 10.2. The molecule has 0 spiro atoms. The molecule has 1 saturated carbocycles. The maximum Gasteiger partial charge on any atom is 0.319 e. The van der Waals surface area contributed by atoms with Gasteiger partial charge >= 0.3 is 6.03 Å². The van der Waals surface area contributed by atoms with Crippen LogP contribution in [0, 0.1) is 6.92 Å². The fourth-order valence-corrected chi connectivity index (χ4v) is 3.26. The molecule has 1 aliphatic heterocycles. The standard InChI is InChI=1S/C14H21N3O2S/c1-10-2-5-13(20-10)16-14(18)15-8-12-9-17(6-7-19-12)11-3-4-11/h2,5,11-12H,3-4,6-9H2,1H3,(H2,15,16,18). The number of amides is 2. The van der Waals surface area contributed by atoms with Gasteiger partial charge in [0, 0.05) is 30.6 Å². The molecule has 0 aromatic carbocycles. The van der Waals surface area contributed by atoms with Crippen molar-refractivity contribution in [2.24, 2.45) is 0 Å². The average molecular weight is 295 g/mol. The zero-order valence-electron chi connectivity index (χ0n) is 11.7. The van der Waals surface area contributed by atoms with E-state index in [1.54, 1.807) is 11.3 Å². The van der Waals surface area contributed by atoms with Crippen molar-refractivity contribution in [3.63, 3.8) is 0 Å². The number of ether oxygens (including phenoxy) is 1. The number of nitrogens with zero attached hydrogens (tertiary/aromatic N) is 1. The molecule has 110 valence electrons. The molecule has 3 rings (SSSR count). The van der Waals surface area contributed by atoms with Gasteiger partial charge in [0.05, 0.1) is 17.7 Å². The van der Waals surface area contributed by atoms with E-state index in [-0.39, 0.29) is 12.1 Å². The topological polar surface area (TPSA) is 53.6 Å². The lowest BCUT2D eigenvalue weighted by Crippen LogP contribution is -2.48. The summed E-state index contributed by atoms with van der Waals surface area (Å²) in [5, 5.41) is 6.62. The Hall–Kier alpha value is -1.11. The van der Waals surface area contributed by atoms with Crippen LogP contribution in [-0.4, -0.2) is 49.3 Å². The van der Waals surface area contributed by atoms with Crippen LogP contribution >= 0.6 is 11.3 Å². The summed E-state index contributed by atoms with van der Waals surface area (Å²) in [7, 11) is 0. The van der Waals surface area contributed by atoms with E-state index in [2.05, 4.69) is 15.5 Å². The summed E-state index contributed by atoms with van der Waals surface area (Å²) in [6.45, 7) is 5.33. The molecule has 1 atom stereocenters. The van der Waals surface area contributed by atoms with E-state index in [0.29, 0.717) is 6.54 Å². The molecule has 0 bridgehead atoms. The van der Waals surface area contributed by atoms with Crippen LogP contribution in [0.4, 0.5) is 9.80 Å². The van der Waals surface area contributed by atoms with Gasteiger partial charge in [0.15, 0.2) is 0 Å². The van der Waals surface area contributed by atoms with Crippen molar-refractivity contribution >= 4 is 22.4 Å². The summed E-state index contributed by atoms with van der Waals surface area (Å²) in [5.41, 5.74) is 0. The van der Waals surface area contributed by atoms with Gasteiger partial charge in [-0.3, -0.25) is 10.2 Å². The van der Waals surface area contributed by atoms with E-state index in [4.69, 9.17) is 4.74 Å². The van der Waals surface area contributed by atoms with Crippen LogP contribution in [0.2, 0.25) is 0 Å². The molecular weight excluding hydrogens is 274 g/mol. The number of morpholine rings is 1. The summed E-state index contributed by atoms with van der Waals surface area (Å²) < 4.78 is 5.71. The number of nitrogens with one attached hydrogen (secondary N) is 2. The van der Waals surface area contributed by atoms with Crippen LogP contribution in [0.3, 0.4) is 0 Å². The minimum Gasteiger partial charge on any atom is -0.374 e. The van der Waals surface area contributed by atoms with Crippen LogP contribution in [0.15, 0.2) is 12.1 Å². The van der Waals surface area contributed by atoms with Crippen LogP contribution in [0.1, 0.15) is 17.7 Å². The highest BCUT2D eigenvalue weighted by atomic mass is 32.1. The smallest absolute Gasteiger partial charge is 0.319 e. The van der Waals surface area contributed by atoms with E-state index in [1.165, 1.54) is 17.7 Å². The first-order valence-corrected chi connectivity index (χ1v) is 7.99. The van der Waals surface area contributed by atoms with Crippen molar-refractivity contribution in [1.29, 1.82) is 0 Å². The third-order valence-corrected chi connectivity index (χ3v) is 4.62. The lowest BCUT2D eigenvalue weighted by molar-refractivity contribution is -0.0286. The summed E-state index contributed by atoms with van der Waals surface area (Å²) in [6.07, 6.45) is 2.75. The highest BCUT2D eigenvalue weighted by Gasteiger charge is 2.32. The number of aryl methyl sites for hydroxylation is 1. The molecule has 1 aliphatic carbocycles. The van der Waals surface area contributed by atoms with E-state index in [9.17, 15) is 4.79 Å². The van der Waals surface area contributed by atoms with Gasteiger partial charge in [-0.1, -0.05) is 0 Å². The van der Waals surface area contributed by atoms with Crippen molar-refractivity contribution in [3.05, 3.63) is 17.0 Å². The fraction of sp³-hybridized carbons (Fsp3) is 0.643. The zero-order chi connectivity index (χ0) is 13.9. The normalized spacial score (nSPS) is 23.6. The molecule has 2 heterocycles. The van der Waals surface area contributed by atoms with Gasteiger partial charge in [0.2, 0.25) is 0 Å². The number of anilines is 1. The highest BCUT2D eigenvalue weighted by molar-refractivity contribution is 7.16. The van der Waals surface area contributed by atoms with Crippen LogP contribution in [0.5, 0.6) is 0 Å². The molecule has 5 nitrogen and oxygen atoms in total. The monoisotopic (exact) mass is 295 g/mol. The van der Waals surface area contributed by atoms with Crippen LogP contribution < -0.4 is 10.6 Å². The molecule has 2 aliphatic rings. The van der Waals surface area contributed by atoms with Gasteiger partial charge in [-0.25, -0.2) is 4.79 Å². The highest BCUT2D eigenvalue weighted by Crippen LogP contribution is 2.28. The largest absolute Gasteiger partial charge is 0.374 e. The Morgan fingerprint density at radius 3 is 3.05 bits per heavy atom. The first-order valence-electron chi connectivity index (χ1n) is 7.17. The number of carbonyl (C=O) groups excluding carboxylic acids is 1. The van der Waals surface area contributed by atoms with Gasteiger partial charge in [0.1, 0.15) is 0 Å². The number of hydrogen-bond donors (Lipinski definition) is 2. The molecule has 1 aromatic rings. The van der Waals surface area contributed by atoms with Gasteiger partial charge in [-0.05, 0) is 31.9 Å². The average Bonchev–Trinajstić information content (AvgIpc) is 3.21. The van der Waals surface area contributed by atoms with Gasteiger partial charge < -0.3 is 10.1 Å². The van der Waals surface area contributed by atoms with E-state index < -0.39 is 0 Å². The van der Waals surface area contributed by atoms with Crippen LogP contribution in [0.25, 0.3) is 0 Å². The van der Waals surface area contributed by atoms with Crippen LogP contribution in [-0.2, 0) is 4.74 Å². The minimum atomic E-state index is -0.154. The second-order valence-electron chi connectivity index (χ2n) is 5.46. The van der Waals surface area contributed by atoms with Crippen molar-refractivity contribution in [2.75, 3.05) is 31.6 Å². The molecule has 2 fully saturated rings. The van der Waals surface area contributed by atoms with Crippen molar-refractivity contribution in [3.8, 4) is 0 Å². The molecule has 1 aromatic heterocycles. The Morgan fingerprint density at radius 1 is 1.50 bits per heavy atom. The Morgan fingerprint density at radius 2 is 2.35 bits per heavy atom. The Balaban J connectivity index is 1.40. The maximum atomic E-state index is 11.8. The van der Waals surface area contributed by atoms with E-state index in [0.717, 1.165) is 30.7 Å². The van der Waals surface area contributed by atoms with Crippen molar-refractivity contribution in [2.45, 2.75) is 31.9 Å². The first kappa shape index (κ1) is 13.9. The fourth-order valence-electron chi connectivity index (χ4n) is 2.50.